The van der Waals surface area contributed by atoms with Crippen LogP contribution in [-0.2, 0) is 4.79 Å². The van der Waals surface area contributed by atoms with Crippen molar-refractivity contribution in [1.82, 2.24) is 0 Å². The third kappa shape index (κ3) is 3.11. The molecule has 0 aliphatic rings. The first-order valence-electron chi connectivity index (χ1n) is 5.35. The molecule has 1 aromatic rings. The van der Waals surface area contributed by atoms with Crippen molar-refractivity contribution < 1.29 is 9.53 Å². The van der Waals surface area contributed by atoms with E-state index in [0.717, 1.165) is 5.56 Å². The lowest BCUT2D eigenvalue weighted by atomic mass is 9.98. The number of hydrogen-bond acceptors (Lipinski definition) is 3. The Bertz CT molecular complexity index is 421. The first-order chi connectivity index (χ1) is 8.01. The minimum absolute atomic E-state index is 0.0412. The number of nitrogens with one attached hydrogen (secondary N) is 1. The van der Waals surface area contributed by atoms with Gasteiger partial charge in [0.05, 0.1) is 12.8 Å². The largest absolute Gasteiger partial charge is 0.495 e. The van der Waals surface area contributed by atoms with Gasteiger partial charge in [0, 0.05) is 17.5 Å². The van der Waals surface area contributed by atoms with E-state index in [1.165, 1.54) is 6.92 Å². The van der Waals surface area contributed by atoms with Gasteiger partial charge in [-0.25, -0.2) is 0 Å². The molecule has 0 aliphatic carbocycles. The maximum absolute atomic E-state index is 11.2. The van der Waals surface area contributed by atoms with E-state index in [1.54, 1.807) is 19.2 Å². The van der Waals surface area contributed by atoms with Crippen LogP contribution in [0.25, 0.3) is 0 Å². The smallest absolute Gasteiger partial charge is 0.221 e. The molecule has 3 N–H and O–H groups in total. The van der Waals surface area contributed by atoms with E-state index < -0.39 is 0 Å². The van der Waals surface area contributed by atoms with E-state index in [2.05, 4.69) is 5.32 Å². The molecule has 5 heteroatoms. The van der Waals surface area contributed by atoms with Crippen molar-refractivity contribution in [3.63, 3.8) is 0 Å². The third-order valence-corrected chi connectivity index (χ3v) is 2.85. The van der Waals surface area contributed by atoms with Crippen molar-refractivity contribution in [2.24, 2.45) is 5.73 Å². The second kappa shape index (κ2) is 5.89. The Kier molecular flexibility index (Phi) is 4.78. The Morgan fingerprint density at radius 2 is 2.24 bits per heavy atom. The molecule has 0 spiro atoms. The van der Waals surface area contributed by atoms with Crippen molar-refractivity contribution in [2.45, 2.75) is 19.8 Å². The summed E-state index contributed by atoms with van der Waals surface area (Å²) >= 11 is 6.15. The Hall–Kier alpha value is -1.26. The quantitative estimate of drug-likeness (QED) is 0.869. The molecule has 0 aromatic heterocycles. The Balaban J connectivity index is 3.36. The molecule has 1 amide bonds. The predicted octanol–water partition coefficient (Wildman–Crippen LogP) is 2.37. The molecule has 4 nitrogen and oxygen atoms in total. The molecule has 0 aliphatic heterocycles. The number of rotatable bonds is 4. The minimum atomic E-state index is -0.170. The normalized spacial score (nSPS) is 12.1. The number of nitrogens with two attached hydrogens (primary N) is 1. The molecule has 94 valence electrons. The fourth-order valence-electron chi connectivity index (χ4n) is 1.65. The summed E-state index contributed by atoms with van der Waals surface area (Å²) in [5.41, 5.74) is 7.06. The summed E-state index contributed by atoms with van der Waals surface area (Å²) in [4.78, 5) is 11.2. The summed E-state index contributed by atoms with van der Waals surface area (Å²) in [6.07, 6.45) is 0. The van der Waals surface area contributed by atoms with E-state index >= 15 is 0 Å². The van der Waals surface area contributed by atoms with Gasteiger partial charge in [-0.2, -0.15) is 0 Å². The summed E-state index contributed by atoms with van der Waals surface area (Å²) in [5.74, 6) is 0.454. The summed E-state index contributed by atoms with van der Waals surface area (Å²) in [6, 6.07) is 3.47. The predicted molar refractivity (Wildman–Crippen MR) is 69.8 cm³/mol. The molecule has 1 unspecified atom stereocenters. The highest BCUT2D eigenvalue weighted by Crippen LogP contribution is 2.38. The van der Waals surface area contributed by atoms with Gasteiger partial charge in [-0.3, -0.25) is 4.79 Å². The van der Waals surface area contributed by atoms with Gasteiger partial charge < -0.3 is 15.8 Å². The lowest BCUT2D eigenvalue weighted by Crippen LogP contribution is -2.15. The number of hydrogen-bond donors (Lipinski definition) is 2. The van der Waals surface area contributed by atoms with Crippen molar-refractivity contribution in [3.8, 4) is 5.75 Å². The SMILES string of the molecule is COc1ccc(Cl)c(C(C)CN)c1NC(C)=O. The van der Waals surface area contributed by atoms with Crippen molar-refractivity contribution in [1.29, 1.82) is 0 Å². The fraction of sp³-hybridized carbons (Fsp3) is 0.417. The van der Waals surface area contributed by atoms with Crippen LogP contribution in [0.4, 0.5) is 5.69 Å². The lowest BCUT2D eigenvalue weighted by molar-refractivity contribution is -0.114. The number of benzene rings is 1. The van der Waals surface area contributed by atoms with Crippen molar-refractivity contribution in [2.75, 3.05) is 19.0 Å². The number of ether oxygens (including phenoxy) is 1. The Morgan fingerprint density at radius 1 is 1.59 bits per heavy atom. The molecule has 0 saturated heterocycles. The molecule has 1 rings (SSSR count). The highest BCUT2D eigenvalue weighted by Gasteiger charge is 2.18. The number of amides is 1. The number of carbonyl (C=O) groups is 1. The molecule has 0 fully saturated rings. The van der Waals surface area contributed by atoms with Crippen LogP contribution < -0.4 is 15.8 Å². The van der Waals surface area contributed by atoms with Gasteiger partial charge in [0.15, 0.2) is 0 Å². The van der Waals surface area contributed by atoms with E-state index in [1.807, 2.05) is 6.92 Å². The Labute approximate surface area is 106 Å². The highest BCUT2D eigenvalue weighted by atomic mass is 35.5. The summed E-state index contributed by atoms with van der Waals surface area (Å²) in [5, 5.41) is 3.32. The molecule has 0 saturated carbocycles. The number of carbonyl (C=O) groups excluding carboxylic acids is 1. The standard InChI is InChI=1S/C12H17ClN2O2/c1-7(6-14)11-9(13)4-5-10(17-3)12(11)15-8(2)16/h4-5,7H,6,14H2,1-3H3,(H,15,16). The molecular formula is C12H17ClN2O2. The van der Waals surface area contributed by atoms with Crippen LogP contribution in [0.5, 0.6) is 5.75 Å². The lowest BCUT2D eigenvalue weighted by Gasteiger charge is -2.19. The van der Waals surface area contributed by atoms with Gasteiger partial charge >= 0.3 is 0 Å². The van der Waals surface area contributed by atoms with Crippen molar-refractivity contribution in [3.05, 3.63) is 22.7 Å². The van der Waals surface area contributed by atoms with Crippen LogP contribution in [-0.4, -0.2) is 19.6 Å². The second-order valence-electron chi connectivity index (χ2n) is 3.86. The maximum atomic E-state index is 11.2. The molecule has 17 heavy (non-hydrogen) atoms. The van der Waals surface area contributed by atoms with Crippen LogP contribution in [0.2, 0.25) is 5.02 Å². The minimum Gasteiger partial charge on any atom is -0.495 e. The zero-order valence-corrected chi connectivity index (χ0v) is 11.0. The molecule has 1 aromatic carbocycles. The fourth-order valence-corrected chi connectivity index (χ4v) is 1.99. The van der Waals surface area contributed by atoms with Gasteiger partial charge in [0.2, 0.25) is 5.91 Å². The number of halogens is 1. The first-order valence-corrected chi connectivity index (χ1v) is 5.73. The van der Waals surface area contributed by atoms with Gasteiger partial charge in [0.1, 0.15) is 5.75 Å². The van der Waals surface area contributed by atoms with Gasteiger partial charge in [0.25, 0.3) is 0 Å². The van der Waals surface area contributed by atoms with Gasteiger partial charge in [-0.1, -0.05) is 18.5 Å². The van der Waals surface area contributed by atoms with E-state index in [9.17, 15) is 4.79 Å². The molecule has 1 atom stereocenters. The topological polar surface area (TPSA) is 64.3 Å². The number of anilines is 1. The van der Waals surface area contributed by atoms with Crippen LogP contribution in [0, 0.1) is 0 Å². The summed E-state index contributed by atoms with van der Waals surface area (Å²) in [7, 11) is 1.55. The van der Waals surface area contributed by atoms with Crippen LogP contribution in [0.3, 0.4) is 0 Å². The van der Waals surface area contributed by atoms with Crippen LogP contribution in [0.1, 0.15) is 25.3 Å². The van der Waals surface area contributed by atoms with Gasteiger partial charge in [-0.15, -0.1) is 0 Å². The third-order valence-electron chi connectivity index (χ3n) is 2.52. The van der Waals surface area contributed by atoms with E-state index in [-0.39, 0.29) is 11.8 Å². The zero-order valence-electron chi connectivity index (χ0n) is 10.2. The maximum Gasteiger partial charge on any atom is 0.221 e. The molecule has 0 bridgehead atoms. The van der Waals surface area contributed by atoms with Crippen LogP contribution >= 0.6 is 11.6 Å². The van der Waals surface area contributed by atoms with Crippen molar-refractivity contribution >= 4 is 23.2 Å². The Morgan fingerprint density at radius 3 is 2.71 bits per heavy atom. The second-order valence-corrected chi connectivity index (χ2v) is 4.26. The molecule has 0 heterocycles. The monoisotopic (exact) mass is 256 g/mol. The average molecular weight is 257 g/mol. The van der Waals surface area contributed by atoms with Crippen LogP contribution in [0.15, 0.2) is 12.1 Å². The molecule has 0 radical (unpaired) electrons. The van der Waals surface area contributed by atoms with Gasteiger partial charge in [-0.05, 0) is 24.6 Å². The summed E-state index contributed by atoms with van der Waals surface area (Å²) in [6.45, 7) is 3.84. The number of methoxy groups -OCH3 is 1. The van der Waals surface area contributed by atoms with E-state index in [4.69, 9.17) is 22.1 Å². The average Bonchev–Trinajstić information content (AvgIpc) is 2.28. The van der Waals surface area contributed by atoms with E-state index in [0.29, 0.717) is 23.0 Å². The first kappa shape index (κ1) is 13.8. The zero-order chi connectivity index (χ0) is 13.0. The molecular weight excluding hydrogens is 240 g/mol. The highest BCUT2D eigenvalue weighted by molar-refractivity contribution is 6.32. The summed E-state index contributed by atoms with van der Waals surface area (Å²) < 4.78 is 5.22.